The molecule has 0 aliphatic heterocycles. The molecule has 37 heavy (non-hydrogen) atoms. The summed E-state index contributed by atoms with van der Waals surface area (Å²) < 4.78 is 19.8. The molecule has 1 aliphatic carbocycles. The number of rotatable bonds is 12. The Morgan fingerprint density at radius 2 is 1.62 bits per heavy atom. The van der Waals surface area contributed by atoms with Crippen molar-refractivity contribution in [1.82, 2.24) is 19.8 Å². The van der Waals surface area contributed by atoms with E-state index in [4.69, 9.17) is 4.74 Å². The van der Waals surface area contributed by atoms with Gasteiger partial charge in [-0.25, -0.2) is 8.51 Å². The van der Waals surface area contributed by atoms with E-state index in [1.165, 1.54) is 35.6 Å². The maximum absolute atomic E-state index is 13.0. The SMILES string of the molecule is COc1cc(C)c(S(=O)N(C)CC(=O)NCC(=O)N(C)Cc2ccc(CNC3CCCC3)cc2)c(C)c1. The van der Waals surface area contributed by atoms with Crippen LogP contribution in [0.2, 0.25) is 0 Å². The molecule has 2 amide bonds. The Hall–Kier alpha value is -2.75. The van der Waals surface area contributed by atoms with Crippen LogP contribution in [0.25, 0.3) is 0 Å². The van der Waals surface area contributed by atoms with Gasteiger partial charge in [-0.1, -0.05) is 37.1 Å². The number of hydrogen-bond acceptors (Lipinski definition) is 5. The Kier molecular flexibility index (Phi) is 10.7. The second-order valence-corrected chi connectivity index (χ2v) is 11.4. The summed E-state index contributed by atoms with van der Waals surface area (Å²) in [6.45, 7) is 4.86. The Morgan fingerprint density at radius 1 is 1.03 bits per heavy atom. The first-order valence-corrected chi connectivity index (χ1v) is 13.9. The van der Waals surface area contributed by atoms with E-state index in [1.807, 2.05) is 38.1 Å². The molecular weight excluding hydrogens is 488 g/mol. The lowest BCUT2D eigenvalue weighted by Crippen LogP contribution is -2.42. The zero-order chi connectivity index (χ0) is 26.9. The van der Waals surface area contributed by atoms with E-state index in [-0.39, 0.29) is 24.9 Å². The second-order valence-electron chi connectivity index (χ2n) is 9.83. The highest BCUT2D eigenvalue weighted by Gasteiger charge is 2.20. The number of likely N-dealkylation sites (N-methyl/N-ethyl adjacent to an activating group) is 2. The van der Waals surface area contributed by atoms with Crippen LogP contribution < -0.4 is 15.4 Å². The first-order chi connectivity index (χ1) is 17.7. The topological polar surface area (TPSA) is 91.0 Å². The summed E-state index contributed by atoms with van der Waals surface area (Å²) in [5.74, 6) is 0.150. The van der Waals surface area contributed by atoms with Crippen molar-refractivity contribution in [3.63, 3.8) is 0 Å². The fourth-order valence-electron chi connectivity index (χ4n) is 4.60. The quantitative estimate of drug-likeness (QED) is 0.442. The van der Waals surface area contributed by atoms with Gasteiger partial charge in [0, 0.05) is 33.2 Å². The smallest absolute Gasteiger partial charge is 0.242 e. The van der Waals surface area contributed by atoms with Gasteiger partial charge in [0.25, 0.3) is 0 Å². The predicted molar refractivity (Wildman–Crippen MR) is 147 cm³/mol. The maximum Gasteiger partial charge on any atom is 0.242 e. The van der Waals surface area contributed by atoms with Crippen molar-refractivity contribution in [2.24, 2.45) is 0 Å². The second kappa shape index (κ2) is 13.7. The molecule has 0 saturated heterocycles. The van der Waals surface area contributed by atoms with E-state index in [0.29, 0.717) is 23.2 Å². The molecule has 3 rings (SSSR count). The standard InChI is InChI=1S/C28H40N4O4S/c1-20-14-25(36-5)15-21(2)28(20)37(35)32(4)19-26(33)30-17-27(34)31(3)18-23-12-10-22(11-13-23)16-29-24-8-6-7-9-24/h10-15,24,29H,6-9,16-19H2,1-5H3,(H,30,33). The molecule has 8 nitrogen and oxygen atoms in total. The van der Waals surface area contributed by atoms with Crippen LogP contribution in [0.1, 0.15) is 47.9 Å². The third-order valence-electron chi connectivity index (χ3n) is 6.75. The van der Waals surface area contributed by atoms with Crippen molar-refractivity contribution in [3.8, 4) is 5.75 Å². The average molecular weight is 529 g/mol. The maximum atomic E-state index is 13.0. The van der Waals surface area contributed by atoms with Gasteiger partial charge < -0.3 is 20.3 Å². The molecule has 1 saturated carbocycles. The van der Waals surface area contributed by atoms with Gasteiger partial charge in [-0.3, -0.25) is 9.59 Å². The van der Waals surface area contributed by atoms with Crippen molar-refractivity contribution in [2.75, 3.05) is 34.3 Å². The highest BCUT2D eigenvalue weighted by molar-refractivity contribution is 7.82. The molecule has 2 aromatic rings. The number of amides is 2. The van der Waals surface area contributed by atoms with Gasteiger partial charge in [0.2, 0.25) is 11.8 Å². The monoisotopic (exact) mass is 528 g/mol. The van der Waals surface area contributed by atoms with Gasteiger partial charge in [-0.05, 0) is 61.1 Å². The number of carbonyl (C=O) groups excluding carboxylic acids is 2. The summed E-state index contributed by atoms with van der Waals surface area (Å²) in [7, 11) is 3.42. The Balaban J connectivity index is 1.43. The van der Waals surface area contributed by atoms with Crippen LogP contribution in [0, 0.1) is 13.8 Å². The van der Waals surface area contributed by atoms with Gasteiger partial charge in [0.05, 0.1) is 25.1 Å². The number of methoxy groups -OCH3 is 1. The van der Waals surface area contributed by atoms with E-state index >= 15 is 0 Å². The van der Waals surface area contributed by atoms with Gasteiger partial charge in [-0.2, -0.15) is 0 Å². The van der Waals surface area contributed by atoms with E-state index in [1.54, 1.807) is 26.1 Å². The van der Waals surface area contributed by atoms with Gasteiger partial charge in [0.15, 0.2) is 0 Å². The number of hydrogen-bond donors (Lipinski definition) is 2. The molecule has 2 N–H and O–H groups in total. The summed E-state index contributed by atoms with van der Waals surface area (Å²) in [6, 6.07) is 12.6. The first kappa shape index (κ1) is 28.8. The zero-order valence-corrected chi connectivity index (χ0v) is 23.5. The lowest BCUT2D eigenvalue weighted by atomic mass is 10.1. The molecule has 1 unspecified atom stereocenters. The third kappa shape index (κ3) is 8.38. The number of nitrogens with zero attached hydrogens (tertiary/aromatic N) is 2. The van der Waals surface area contributed by atoms with Crippen molar-refractivity contribution in [2.45, 2.75) is 63.6 Å². The summed E-state index contributed by atoms with van der Waals surface area (Å²) in [5.41, 5.74) is 3.93. The third-order valence-corrected chi connectivity index (χ3v) is 8.44. The number of carbonyl (C=O) groups is 2. The van der Waals surface area contributed by atoms with Crippen LogP contribution >= 0.6 is 0 Å². The minimum absolute atomic E-state index is 0.0924. The molecule has 1 fully saturated rings. The molecule has 0 spiro atoms. The van der Waals surface area contributed by atoms with Gasteiger partial charge in [0.1, 0.15) is 16.7 Å². The predicted octanol–water partition coefficient (Wildman–Crippen LogP) is 3.07. The fourth-order valence-corrected chi connectivity index (χ4v) is 5.82. The average Bonchev–Trinajstić information content (AvgIpc) is 3.40. The van der Waals surface area contributed by atoms with E-state index in [0.717, 1.165) is 23.2 Å². The normalized spacial score (nSPS) is 14.5. The molecule has 0 radical (unpaired) electrons. The molecule has 1 aliphatic rings. The minimum Gasteiger partial charge on any atom is -0.497 e. The van der Waals surface area contributed by atoms with E-state index in [2.05, 4.69) is 22.8 Å². The largest absolute Gasteiger partial charge is 0.497 e. The highest BCUT2D eigenvalue weighted by atomic mass is 32.2. The van der Waals surface area contributed by atoms with E-state index in [9.17, 15) is 13.8 Å². The Morgan fingerprint density at radius 3 is 2.22 bits per heavy atom. The minimum atomic E-state index is -1.52. The van der Waals surface area contributed by atoms with Crippen LogP contribution in [0.15, 0.2) is 41.3 Å². The molecular formula is C28H40N4O4S. The summed E-state index contributed by atoms with van der Waals surface area (Å²) >= 11 is 0. The van der Waals surface area contributed by atoms with E-state index < -0.39 is 11.0 Å². The van der Waals surface area contributed by atoms with Crippen molar-refractivity contribution in [3.05, 3.63) is 58.7 Å². The van der Waals surface area contributed by atoms with Crippen LogP contribution in [-0.2, 0) is 33.7 Å². The van der Waals surface area contributed by atoms with Crippen molar-refractivity contribution in [1.29, 1.82) is 0 Å². The number of ether oxygens (including phenoxy) is 1. The number of benzene rings is 2. The molecule has 0 aromatic heterocycles. The Labute approximate surface area is 223 Å². The summed E-state index contributed by atoms with van der Waals surface area (Å²) in [4.78, 5) is 27.3. The lowest BCUT2D eigenvalue weighted by Gasteiger charge is -2.20. The van der Waals surface area contributed by atoms with Gasteiger partial charge >= 0.3 is 0 Å². The van der Waals surface area contributed by atoms with Gasteiger partial charge in [-0.15, -0.1) is 0 Å². The number of aryl methyl sites for hydroxylation is 2. The molecule has 2 aromatic carbocycles. The summed E-state index contributed by atoms with van der Waals surface area (Å²) in [5, 5.41) is 6.26. The first-order valence-electron chi connectivity index (χ1n) is 12.8. The van der Waals surface area contributed by atoms with Crippen LogP contribution in [0.4, 0.5) is 0 Å². The molecule has 0 heterocycles. The fraction of sp³-hybridized carbons (Fsp3) is 0.500. The van der Waals surface area contributed by atoms with Crippen molar-refractivity contribution >= 4 is 22.8 Å². The lowest BCUT2D eigenvalue weighted by molar-refractivity contribution is -0.132. The molecule has 9 heteroatoms. The molecule has 0 bridgehead atoms. The van der Waals surface area contributed by atoms with Crippen molar-refractivity contribution < 1.29 is 18.5 Å². The van der Waals surface area contributed by atoms with Crippen LogP contribution in [0.3, 0.4) is 0 Å². The van der Waals surface area contributed by atoms with Crippen LogP contribution in [0.5, 0.6) is 5.75 Å². The number of nitrogens with one attached hydrogen (secondary N) is 2. The zero-order valence-electron chi connectivity index (χ0n) is 22.6. The summed E-state index contributed by atoms with van der Waals surface area (Å²) in [6.07, 6.45) is 5.16. The molecule has 202 valence electrons. The molecule has 1 atom stereocenters. The Bertz CT molecular complexity index is 1080. The van der Waals surface area contributed by atoms with Crippen LogP contribution in [-0.4, -0.2) is 65.6 Å². The highest BCUT2D eigenvalue weighted by Crippen LogP contribution is 2.25.